The molecule has 0 spiro atoms. The summed E-state index contributed by atoms with van der Waals surface area (Å²) in [6.07, 6.45) is 0. The molecule has 1 amide bonds. The smallest absolute Gasteiger partial charge is 0.222 e. The lowest BCUT2D eigenvalue weighted by Gasteiger charge is -2.18. The second-order valence-corrected chi connectivity index (χ2v) is 5.42. The van der Waals surface area contributed by atoms with Crippen molar-refractivity contribution in [3.63, 3.8) is 0 Å². The SMILES string of the molecule is CC(=O)Nc1cc2ccc(C(C)(C)C)cc2[nH]1. The van der Waals surface area contributed by atoms with Crippen LogP contribution in [0.15, 0.2) is 24.3 Å². The van der Waals surface area contributed by atoms with Crippen molar-refractivity contribution in [3.05, 3.63) is 29.8 Å². The van der Waals surface area contributed by atoms with E-state index in [0.29, 0.717) is 0 Å². The number of aromatic amines is 1. The molecule has 1 aromatic heterocycles. The lowest BCUT2D eigenvalue weighted by Crippen LogP contribution is -2.10. The number of H-pyrrole nitrogens is 1. The van der Waals surface area contributed by atoms with Crippen LogP contribution in [0, 0.1) is 0 Å². The van der Waals surface area contributed by atoms with Gasteiger partial charge in [-0.2, -0.15) is 0 Å². The summed E-state index contributed by atoms with van der Waals surface area (Å²) >= 11 is 0. The molecule has 90 valence electrons. The topological polar surface area (TPSA) is 44.9 Å². The summed E-state index contributed by atoms with van der Waals surface area (Å²) in [4.78, 5) is 14.2. The minimum Gasteiger partial charge on any atom is -0.341 e. The number of hydrogen-bond donors (Lipinski definition) is 2. The van der Waals surface area contributed by atoms with Crippen LogP contribution >= 0.6 is 0 Å². The van der Waals surface area contributed by atoms with Crippen molar-refractivity contribution >= 4 is 22.6 Å². The van der Waals surface area contributed by atoms with Crippen LogP contribution in [0.3, 0.4) is 0 Å². The van der Waals surface area contributed by atoms with Crippen molar-refractivity contribution in [2.24, 2.45) is 0 Å². The van der Waals surface area contributed by atoms with Crippen molar-refractivity contribution in [3.8, 4) is 0 Å². The van der Waals surface area contributed by atoms with Gasteiger partial charge in [-0.05, 0) is 23.1 Å². The van der Waals surface area contributed by atoms with Gasteiger partial charge in [0.05, 0.1) is 0 Å². The number of amides is 1. The molecule has 0 unspecified atom stereocenters. The number of fused-ring (bicyclic) bond motifs is 1. The summed E-state index contributed by atoms with van der Waals surface area (Å²) in [5.74, 6) is 0.686. The molecule has 0 bridgehead atoms. The molecule has 0 aliphatic rings. The van der Waals surface area contributed by atoms with Crippen molar-refractivity contribution in [2.75, 3.05) is 5.32 Å². The first-order chi connectivity index (χ1) is 7.86. The van der Waals surface area contributed by atoms with Crippen LogP contribution in [0.4, 0.5) is 5.82 Å². The molecule has 17 heavy (non-hydrogen) atoms. The van der Waals surface area contributed by atoms with E-state index in [1.54, 1.807) is 0 Å². The second-order valence-electron chi connectivity index (χ2n) is 5.42. The Morgan fingerprint density at radius 1 is 1.24 bits per heavy atom. The van der Waals surface area contributed by atoms with Crippen molar-refractivity contribution in [1.82, 2.24) is 4.98 Å². The van der Waals surface area contributed by atoms with E-state index in [1.807, 2.05) is 6.07 Å². The average molecular weight is 230 g/mol. The summed E-state index contributed by atoms with van der Waals surface area (Å²) in [6, 6.07) is 8.30. The van der Waals surface area contributed by atoms with Crippen LogP contribution in [0.5, 0.6) is 0 Å². The van der Waals surface area contributed by atoms with Crippen LogP contribution in [0.2, 0.25) is 0 Å². The predicted molar refractivity (Wildman–Crippen MR) is 71.3 cm³/mol. The molecule has 0 radical (unpaired) electrons. The maximum absolute atomic E-state index is 11.0. The summed E-state index contributed by atoms with van der Waals surface area (Å²) in [6.45, 7) is 8.07. The summed E-state index contributed by atoms with van der Waals surface area (Å²) < 4.78 is 0. The number of benzene rings is 1. The lowest BCUT2D eigenvalue weighted by atomic mass is 9.87. The number of carbonyl (C=O) groups excluding carboxylic acids is 1. The highest BCUT2D eigenvalue weighted by Crippen LogP contribution is 2.27. The quantitative estimate of drug-likeness (QED) is 0.774. The van der Waals surface area contributed by atoms with Gasteiger partial charge in [0.1, 0.15) is 5.82 Å². The van der Waals surface area contributed by atoms with Gasteiger partial charge in [-0.15, -0.1) is 0 Å². The molecule has 2 aromatic rings. The molecular weight excluding hydrogens is 212 g/mol. The molecule has 0 fully saturated rings. The first kappa shape index (κ1) is 11.7. The van der Waals surface area contributed by atoms with Gasteiger partial charge in [-0.1, -0.05) is 32.9 Å². The van der Waals surface area contributed by atoms with Gasteiger partial charge in [-0.3, -0.25) is 4.79 Å². The third-order valence-corrected chi connectivity index (χ3v) is 2.80. The Bertz CT molecular complexity index is 561. The van der Waals surface area contributed by atoms with Gasteiger partial charge in [0.2, 0.25) is 5.91 Å². The third kappa shape index (κ3) is 2.49. The van der Waals surface area contributed by atoms with Crippen molar-refractivity contribution in [1.29, 1.82) is 0 Å². The van der Waals surface area contributed by atoms with E-state index in [0.717, 1.165) is 16.7 Å². The van der Waals surface area contributed by atoms with Crippen LogP contribution in [0.1, 0.15) is 33.3 Å². The van der Waals surface area contributed by atoms with Crippen molar-refractivity contribution in [2.45, 2.75) is 33.1 Å². The van der Waals surface area contributed by atoms with Gasteiger partial charge in [0.15, 0.2) is 0 Å². The molecule has 1 aromatic carbocycles. The van der Waals surface area contributed by atoms with Crippen molar-refractivity contribution < 1.29 is 4.79 Å². The summed E-state index contributed by atoms with van der Waals surface area (Å²) in [7, 11) is 0. The van der Waals surface area contributed by atoms with Gasteiger partial charge in [0, 0.05) is 17.8 Å². The Kier molecular flexibility index (Phi) is 2.69. The fourth-order valence-corrected chi connectivity index (χ4v) is 1.85. The molecule has 0 aliphatic carbocycles. The van der Waals surface area contributed by atoms with E-state index >= 15 is 0 Å². The second kappa shape index (κ2) is 3.91. The molecule has 2 N–H and O–H groups in total. The van der Waals surface area contributed by atoms with Gasteiger partial charge in [-0.25, -0.2) is 0 Å². The average Bonchev–Trinajstić information content (AvgIpc) is 2.55. The minimum absolute atomic E-state index is 0.0624. The van der Waals surface area contributed by atoms with Crippen LogP contribution in [0.25, 0.3) is 10.9 Å². The van der Waals surface area contributed by atoms with E-state index in [-0.39, 0.29) is 11.3 Å². The normalized spacial score (nSPS) is 11.8. The summed E-state index contributed by atoms with van der Waals surface area (Å²) in [5, 5.41) is 3.87. The predicted octanol–water partition coefficient (Wildman–Crippen LogP) is 3.42. The third-order valence-electron chi connectivity index (χ3n) is 2.80. The number of rotatable bonds is 1. The highest BCUT2D eigenvalue weighted by Gasteiger charge is 2.14. The first-order valence-corrected chi connectivity index (χ1v) is 5.77. The molecule has 0 aliphatic heterocycles. The van der Waals surface area contributed by atoms with Crippen LogP contribution in [-0.2, 0) is 10.2 Å². The van der Waals surface area contributed by atoms with E-state index in [9.17, 15) is 4.79 Å². The Labute approximate surface area is 101 Å². The first-order valence-electron chi connectivity index (χ1n) is 5.77. The van der Waals surface area contributed by atoms with Gasteiger partial charge >= 0.3 is 0 Å². The molecule has 0 saturated carbocycles. The Balaban J connectivity index is 2.44. The monoisotopic (exact) mass is 230 g/mol. The Morgan fingerprint density at radius 3 is 2.53 bits per heavy atom. The van der Waals surface area contributed by atoms with E-state index in [1.165, 1.54) is 12.5 Å². The van der Waals surface area contributed by atoms with Crippen LogP contribution < -0.4 is 5.32 Å². The molecule has 2 rings (SSSR count). The van der Waals surface area contributed by atoms with E-state index < -0.39 is 0 Å². The molecule has 3 heteroatoms. The number of nitrogens with one attached hydrogen (secondary N) is 2. The minimum atomic E-state index is -0.0624. The zero-order valence-electron chi connectivity index (χ0n) is 10.7. The van der Waals surface area contributed by atoms with E-state index in [2.05, 4.69) is 49.3 Å². The highest BCUT2D eigenvalue weighted by molar-refractivity contribution is 5.92. The lowest BCUT2D eigenvalue weighted by molar-refractivity contribution is -0.114. The zero-order valence-corrected chi connectivity index (χ0v) is 10.7. The van der Waals surface area contributed by atoms with Gasteiger partial charge in [0.25, 0.3) is 0 Å². The largest absolute Gasteiger partial charge is 0.341 e. The zero-order chi connectivity index (χ0) is 12.6. The molecule has 0 atom stereocenters. The maximum atomic E-state index is 11.0. The number of carbonyl (C=O) groups is 1. The Morgan fingerprint density at radius 2 is 1.94 bits per heavy atom. The molecule has 3 nitrogen and oxygen atoms in total. The molecule has 0 saturated heterocycles. The highest BCUT2D eigenvalue weighted by atomic mass is 16.1. The number of hydrogen-bond acceptors (Lipinski definition) is 1. The fraction of sp³-hybridized carbons (Fsp3) is 0.357. The van der Waals surface area contributed by atoms with Crippen LogP contribution in [-0.4, -0.2) is 10.9 Å². The summed E-state index contributed by atoms with van der Waals surface area (Å²) in [5.41, 5.74) is 2.47. The van der Waals surface area contributed by atoms with E-state index in [4.69, 9.17) is 0 Å². The Hall–Kier alpha value is -1.77. The fourth-order valence-electron chi connectivity index (χ4n) is 1.85. The molecule has 1 heterocycles. The molecular formula is C14H18N2O. The van der Waals surface area contributed by atoms with Gasteiger partial charge < -0.3 is 10.3 Å². The number of aromatic nitrogens is 1. The maximum Gasteiger partial charge on any atom is 0.222 e. The standard InChI is InChI=1S/C14H18N2O/c1-9(17)15-13-7-10-5-6-11(14(2,3)4)8-12(10)16-13/h5-8,16H,1-4H3,(H,15,17). The number of anilines is 1.